The third-order valence-corrected chi connectivity index (χ3v) is 5.77. The first-order valence-corrected chi connectivity index (χ1v) is 11.1. The minimum Gasteiger partial charge on any atom is -0.306 e. The summed E-state index contributed by atoms with van der Waals surface area (Å²) < 4.78 is 16.7. The van der Waals surface area contributed by atoms with Gasteiger partial charge in [-0.1, -0.05) is 82.2 Å². The van der Waals surface area contributed by atoms with E-state index in [4.69, 9.17) is 0 Å². The van der Waals surface area contributed by atoms with E-state index in [0.29, 0.717) is 0 Å². The Hall–Kier alpha value is -1.14. The quantitative estimate of drug-likeness (QED) is 0.158. The number of hydrogen-bond donors (Lipinski definition) is 1. The molecule has 0 spiro atoms. The first kappa shape index (κ1) is 22.9. The van der Waals surface area contributed by atoms with Crippen LogP contribution < -0.4 is 4.72 Å². The number of amides is 1. The van der Waals surface area contributed by atoms with E-state index in [-0.39, 0.29) is 0 Å². The van der Waals surface area contributed by atoms with E-state index in [2.05, 4.69) is 11.6 Å². The van der Waals surface area contributed by atoms with Gasteiger partial charge in [-0.05, 0) is 23.8 Å². The van der Waals surface area contributed by atoms with Crippen molar-refractivity contribution < 1.29 is 9.18 Å². The molecule has 0 aromatic heterocycles. The molecule has 0 atom stereocenters. The molecular formula is C20H31FN2OS2. The van der Waals surface area contributed by atoms with Crippen LogP contribution in [0.4, 0.5) is 9.18 Å². The Morgan fingerprint density at radius 2 is 1.69 bits per heavy atom. The predicted octanol–water partition coefficient (Wildman–Crippen LogP) is 7.03. The molecule has 0 bridgehead atoms. The molecule has 0 heterocycles. The highest BCUT2D eigenvalue weighted by atomic mass is 32.2. The van der Waals surface area contributed by atoms with Gasteiger partial charge in [-0.3, -0.25) is 0 Å². The molecule has 0 radical (unpaired) electrons. The predicted molar refractivity (Wildman–Crippen MR) is 114 cm³/mol. The van der Waals surface area contributed by atoms with Crippen molar-refractivity contribution in [1.82, 2.24) is 9.03 Å². The summed E-state index contributed by atoms with van der Waals surface area (Å²) in [7, 11) is 1.41. The maximum atomic E-state index is 12.7. The fraction of sp³-hybridized carbons (Fsp3) is 0.550. The van der Waals surface area contributed by atoms with Gasteiger partial charge in [0.05, 0.1) is 17.2 Å². The number of rotatable bonds is 14. The van der Waals surface area contributed by atoms with Gasteiger partial charge < -0.3 is 4.72 Å². The molecule has 26 heavy (non-hydrogen) atoms. The Morgan fingerprint density at radius 1 is 1.08 bits per heavy atom. The second-order valence-electron chi connectivity index (χ2n) is 6.19. The van der Waals surface area contributed by atoms with Crippen LogP contribution in [-0.4, -0.2) is 23.3 Å². The average Bonchev–Trinajstić information content (AvgIpc) is 2.65. The smallest absolute Gasteiger partial charge is 0.306 e. The van der Waals surface area contributed by atoms with E-state index < -0.39 is 6.16 Å². The Kier molecular flexibility index (Phi) is 13.2. The molecule has 1 aromatic rings. The number of benzene rings is 1. The van der Waals surface area contributed by atoms with Crippen LogP contribution in [-0.2, 0) is 0 Å². The molecule has 3 nitrogen and oxygen atoms in total. The second kappa shape index (κ2) is 15.0. The molecule has 0 fully saturated rings. The third kappa shape index (κ3) is 11.5. The Balaban J connectivity index is 2.35. The summed E-state index contributed by atoms with van der Waals surface area (Å²) in [6.45, 7) is 2.24. The van der Waals surface area contributed by atoms with Crippen molar-refractivity contribution in [2.45, 2.75) is 58.3 Å². The lowest BCUT2D eigenvalue weighted by Gasteiger charge is -2.14. The number of halogens is 1. The Bertz CT molecular complexity index is 526. The van der Waals surface area contributed by atoms with Crippen molar-refractivity contribution in [2.24, 2.45) is 0 Å². The molecule has 0 aliphatic rings. The van der Waals surface area contributed by atoms with E-state index in [9.17, 15) is 9.18 Å². The van der Waals surface area contributed by atoms with Crippen molar-refractivity contribution in [3.63, 3.8) is 0 Å². The minimum absolute atomic E-state index is 0.928. The summed E-state index contributed by atoms with van der Waals surface area (Å²) in [5.74, 6) is 1.01. The van der Waals surface area contributed by atoms with E-state index in [1.165, 1.54) is 52.0 Å². The van der Waals surface area contributed by atoms with Gasteiger partial charge in [0.25, 0.3) is 0 Å². The number of nitrogens with one attached hydrogen (secondary N) is 1. The first-order valence-electron chi connectivity index (χ1n) is 9.39. The number of carbonyl (C=O) groups excluding carboxylic acids is 1. The molecule has 0 unspecified atom stereocenters. The molecule has 1 N–H and O–H groups in total. The molecular weight excluding hydrogens is 367 g/mol. The zero-order valence-corrected chi connectivity index (χ0v) is 17.5. The van der Waals surface area contributed by atoms with Crippen molar-refractivity contribution in [3.05, 3.63) is 40.9 Å². The Morgan fingerprint density at radius 3 is 2.31 bits per heavy atom. The molecule has 0 saturated carbocycles. The first-order chi connectivity index (χ1) is 12.6. The molecule has 1 amide bonds. The summed E-state index contributed by atoms with van der Waals surface area (Å²) in [4.78, 5) is 10.7. The molecule has 0 saturated heterocycles. The van der Waals surface area contributed by atoms with E-state index in [1.807, 2.05) is 36.4 Å². The molecule has 1 aromatic carbocycles. The summed E-state index contributed by atoms with van der Waals surface area (Å²) >= 11 is 2.67. The van der Waals surface area contributed by atoms with E-state index in [0.717, 1.165) is 39.2 Å². The second-order valence-corrected chi connectivity index (χ2v) is 8.26. The Labute approximate surface area is 166 Å². The SMILES string of the molecule is CCCCCCCCCCSC(=Cc1ccccc1)NSN(C)C(=O)F. The van der Waals surface area contributed by atoms with Gasteiger partial charge in [0.15, 0.2) is 0 Å². The maximum Gasteiger partial charge on any atom is 0.411 e. The average molecular weight is 399 g/mol. The fourth-order valence-electron chi connectivity index (χ4n) is 2.37. The van der Waals surface area contributed by atoms with Gasteiger partial charge in [-0.25, -0.2) is 9.10 Å². The maximum absolute atomic E-state index is 12.7. The highest BCUT2D eigenvalue weighted by molar-refractivity contribution is 8.04. The highest BCUT2D eigenvalue weighted by Crippen LogP contribution is 2.22. The molecule has 6 heteroatoms. The van der Waals surface area contributed by atoms with Gasteiger partial charge >= 0.3 is 6.16 Å². The van der Waals surface area contributed by atoms with Crippen molar-refractivity contribution >= 4 is 36.1 Å². The fourth-order valence-corrected chi connectivity index (χ4v) is 3.86. The minimum atomic E-state index is -1.46. The van der Waals surface area contributed by atoms with E-state index in [1.54, 1.807) is 11.8 Å². The van der Waals surface area contributed by atoms with Crippen LogP contribution in [0.25, 0.3) is 6.08 Å². The van der Waals surface area contributed by atoms with Crippen LogP contribution in [0, 0.1) is 0 Å². The van der Waals surface area contributed by atoms with Crippen molar-refractivity contribution in [3.8, 4) is 0 Å². The third-order valence-electron chi connectivity index (χ3n) is 3.88. The lowest BCUT2D eigenvalue weighted by molar-refractivity contribution is 0.209. The molecule has 0 aliphatic heterocycles. The van der Waals surface area contributed by atoms with Gasteiger partial charge in [0.2, 0.25) is 0 Å². The van der Waals surface area contributed by atoms with Gasteiger partial charge in [0.1, 0.15) is 0 Å². The normalized spacial score (nSPS) is 11.4. The number of unbranched alkanes of at least 4 members (excludes halogenated alkanes) is 7. The lowest BCUT2D eigenvalue weighted by atomic mass is 10.1. The van der Waals surface area contributed by atoms with Crippen LogP contribution in [0.1, 0.15) is 63.9 Å². The van der Waals surface area contributed by atoms with E-state index >= 15 is 0 Å². The van der Waals surface area contributed by atoms with Crippen LogP contribution in [0.3, 0.4) is 0 Å². The molecule has 1 rings (SSSR count). The topological polar surface area (TPSA) is 32.3 Å². The summed E-state index contributed by atoms with van der Waals surface area (Å²) in [6, 6.07) is 9.98. The highest BCUT2D eigenvalue weighted by Gasteiger charge is 2.08. The van der Waals surface area contributed by atoms with Gasteiger partial charge in [0, 0.05) is 7.05 Å². The van der Waals surface area contributed by atoms with Crippen LogP contribution in [0.15, 0.2) is 35.4 Å². The summed E-state index contributed by atoms with van der Waals surface area (Å²) in [5, 5.41) is 0.928. The lowest BCUT2D eigenvalue weighted by Crippen LogP contribution is -2.18. The number of carbonyl (C=O) groups is 1. The van der Waals surface area contributed by atoms with Crippen molar-refractivity contribution in [1.29, 1.82) is 0 Å². The monoisotopic (exact) mass is 398 g/mol. The standard InChI is InChI=1S/C20H31FN2OS2/c1-3-4-5-6-7-8-9-13-16-25-19(22-26-23(2)20(21)24)17-18-14-11-10-12-15-18/h10-12,14-15,17,22H,3-9,13,16H2,1-2H3. The van der Waals surface area contributed by atoms with Gasteiger partial charge in [-0.15, -0.1) is 16.2 Å². The summed E-state index contributed by atoms with van der Waals surface area (Å²) in [5.41, 5.74) is 1.08. The number of thioether (sulfide) groups is 1. The summed E-state index contributed by atoms with van der Waals surface area (Å²) in [6.07, 6.45) is 10.9. The zero-order chi connectivity index (χ0) is 19.0. The largest absolute Gasteiger partial charge is 0.411 e. The van der Waals surface area contributed by atoms with Crippen molar-refractivity contribution in [2.75, 3.05) is 12.8 Å². The van der Waals surface area contributed by atoms with Gasteiger partial charge in [-0.2, -0.15) is 0 Å². The van der Waals surface area contributed by atoms with Crippen LogP contribution >= 0.6 is 23.9 Å². The number of hydrogen-bond acceptors (Lipinski definition) is 4. The number of nitrogens with zero attached hydrogens (tertiary/aromatic N) is 1. The van der Waals surface area contributed by atoms with Crippen LogP contribution in [0.2, 0.25) is 0 Å². The molecule has 0 aliphatic carbocycles. The van der Waals surface area contributed by atoms with Crippen LogP contribution in [0.5, 0.6) is 0 Å². The molecule has 146 valence electrons. The zero-order valence-electron chi connectivity index (χ0n) is 15.9.